The Morgan fingerprint density at radius 3 is 2.54 bits per heavy atom. The number of carbonyl (C=O) groups is 1. The summed E-state index contributed by atoms with van der Waals surface area (Å²) in [5.41, 5.74) is 4.48. The van der Waals surface area contributed by atoms with Crippen molar-refractivity contribution in [3.8, 4) is 0 Å². The molecule has 0 aliphatic carbocycles. The van der Waals surface area contributed by atoms with Crippen LogP contribution < -0.4 is 5.32 Å². The Morgan fingerprint density at radius 2 is 1.88 bits per heavy atom. The summed E-state index contributed by atoms with van der Waals surface area (Å²) in [5, 5.41) is 4.37. The van der Waals surface area contributed by atoms with E-state index < -0.39 is 0 Å². The topological polar surface area (TPSA) is 45.2 Å². The smallest absolute Gasteiger partial charge is 0.166 e. The van der Waals surface area contributed by atoms with Gasteiger partial charge in [0.05, 0.1) is 16.8 Å². The second-order valence-corrected chi connectivity index (χ2v) is 7.46. The van der Waals surface area contributed by atoms with Gasteiger partial charge in [-0.3, -0.25) is 9.78 Å². The fourth-order valence-electron chi connectivity index (χ4n) is 2.90. The number of anilines is 2. The number of fused-ring (bicyclic) bond motifs is 1. The van der Waals surface area contributed by atoms with Crippen LogP contribution in [0, 0.1) is 0 Å². The van der Waals surface area contributed by atoms with Crippen molar-refractivity contribution in [1.29, 1.82) is 0 Å². The van der Waals surface area contributed by atoms with Gasteiger partial charge in [0.15, 0.2) is 5.78 Å². The highest BCUT2D eigenvalue weighted by Crippen LogP contribution is 2.32. The minimum Gasteiger partial charge on any atom is -0.354 e. The number of pyridine rings is 1. The van der Waals surface area contributed by atoms with Gasteiger partial charge in [-0.05, 0) is 50.0 Å². The first-order chi connectivity index (χ1) is 12.5. The number of carbonyl (C=O) groups excluding carboxylic acids is 1. The Balaban J connectivity index is 2.04. The van der Waals surface area contributed by atoms with Crippen LogP contribution in [-0.4, -0.2) is 29.8 Å². The average Bonchev–Trinajstić information content (AvgIpc) is 2.62. The van der Waals surface area contributed by atoms with E-state index in [1.54, 1.807) is 6.20 Å². The van der Waals surface area contributed by atoms with Crippen molar-refractivity contribution in [3.05, 3.63) is 64.3 Å². The fraction of sp³-hybridized carbons (Fsp3) is 0.238. The SMILES string of the molecule is CCC(=O)c1cnc2ccc(Br)cc2c1Nc1ccc(CN(C)C)cc1. The van der Waals surface area contributed by atoms with Crippen LogP contribution in [0.5, 0.6) is 0 Å². The maximum absolute atomic E-state index is 12.4. The van der Waals surface area contributed by atoms with E-state index in [1.165, 1.54) is 5.56 Å². The first kappa shape index (κ1) is 18.5. The van der Waals surface area contributed by atoms with E-state index in [4.69, 9.17) is 0 Å². The Hall–Kier alpha value is -2.24. The molecule has 0 saturated carbocycles. The molecule has 134 valence electrons. The predicted octanol–water partition coefficient (Wildman–Crippen LogP) is 5.40. The molecule has 0 fully saturated rings. The van der Waals surface area contributed by atoms with Gasteiger partial charge in [-0.25, -0.2) is 0 Å². The molecule has 5 heteroatoms. The zero-order chi connectivity index (χ0) is 18.7. The summed E-state index contributed by atoms with van der Waals surface area (Å²) in [5.74, 6) is 0.0751. The molecule has 1 aromatic heterocycles. The summed E-state index contributed by atoms with van der Waals surface area (Å²) in [6.45, 7) is 2.76. The molecule has 1 heterocycles. The minimum atomic E-state index is 0.0751. The largest absolute Gasteiger partial charge is 0.354 e. The zero-order valence-electron chi connectivity index (χ0n) is 15.2. The molecular formula is C21H22BrN3O. The van der Waals surface area contributed by atoms with E-state index in [9.17, 15) is 4.79 Å². The second kappa shape index (κ2) is 7.98. The zero-order valence-corrected chi connectivity index (χ0v) is 16.8. The van der Waals surface area contributed by atoms with Crippen molar-refractivity contribution in [3.63, 3.8) is 0 Å². The molecule has 0 amide bonds. The Kier molecular flexibility index (Phi) is 5.69. The highest BCUT2D eigenvalue weighted by molar-refractivity contribution is 9.10. The molecule has 0 radical (unpaired) electrons. The van der Waals surface area contributed by atoms with E-state index in [1.807, 2.05) is 37.3 Å². The summed E-state index contributed by atoms with van der Waals surface area (Å²) in [7, 11) is 4.10. The predicted molar refractivity (Wildman–Crippen MR) is 111 cm³/mol. The van der Waals surface area contributed by atoms with Gasteiger partial charge < -0.3 is 10.2 Å². The van der Waals surface area contributed by atoms with E-state index >= 15 is 0 Å². The maximum Gasteiger partial charge on any atom is 0.166 e. The van der Waals surface area contributed by atoms with Gasteiger partial charge >= 0.3 is 0 Å². The summed E-state index contributed by atoms with van der Waals surface area (Å²) in [4.78, 5) is 19.0. The lowest BCUT2D eigenvalue weighted by molar-refractivity contribution is 0.0989. The third-order valence-corrected chi connectivity index (χ3v) is 4.67. The Bertz CT molecular complexity index is 936. The number of halogens is 1. The number of Topliss-reactive ketones (excluding diaryl/α,β-unsaturated/α-hetero) is 1. The lowest BCUT2D eigenvalue weighted by Gasteiger charge is -2.15. The Labute approximate surface area is 162 Å². The van der Waals surface area contributed by atoms with Crippen molar-refractivity contribution in [2.24, 2.45) is 0 Å². The monoisotopic (exact) mass is 411 g/mol. The van der Waals surface area contributed by atoms with E-state index in [0.29, 0.717) is 12.0 Å². The molecule has 1 N–H and O–H groups in total. The van der Waals surface area contributed by atoms with Crippen LogP contribution in [-0.2, 0) is 6.54 Å². The van der Waals surface area contributed by atoms with E-state index in [0.717, 1.165) is 33.3 Å². The van der Waals surface area contributed by atoms with Gasteiger partial charge in [-0.2, -0.15) is 0 Å². The molecule has 3 aromatic rings. The number of hydrogen-bond donors (Lipinski definition) is 1. The van der Waals surface area contributed by atoms with Crippen molar-refractivity contribution in [1.82, 2.24) is 9.88 Å². The quantitative estimate of drug-likeness (QED) is 0.551. The number of nitrogens with one attached hydrogen (secondary N) is 1. The van der Waals surface area contributed by atoms with Crippen LogP contribution in [0.3, 0.4) is 0 Å². The first-order valence-corrected chi connectivity index (χ1v) is 9.39. The van der Waals surface area contributed by atoms with Gasteiger partial charge in [0, 0.05) is 34.7 Å². The summed E-state index contributed by atoms with van der Waals surface area (Å²) >= 11 is 3.52. The van der Waals surface area contributed by atoms with Crippen LogP contribution in [0.1, 0.15) is 29.3 Å². The number of ketones is 1. The van der Waals surface area contributed by atoms with Gasteiger partial charge in [-0.15, -0.1) is 0 Å². The van der Waals surface area contributed by atoms with Crippen LogP contribution in [0.15, 0.2) is 53.1 Å². The number of hydrogen-bond acceptors (Lipinski definition) is 4. The standard InChI is InChI=1S/C21H22BrN3O/c1-4-20(26)18-12-23-19-10-7-15(22)11-17(19)21(18)24-16-8-5-14(6-9-16)13-25(2)3/h5-12H,4,13H2,1-3H3,(H,23,24). The maximum atomic E-state index is 12.4. The lowest BCUT2D eigenvalue weighted by atomic mass is 10.0. The van der Waals surface area contributed by atoms with E-state index in [2.05, 4.69) is 57.4 Å². The third kappa shape index (κ3) is 4.11. The average molecular weight is 412 g/mol. The Morgan fingerprint density at radius 1 is 1.15 bits per heavy atom. The number of aromatic nitrogens is 1. The number of rotatable bonds is 6. The highest BCUT2D eigenvalue weighted by Gasteiger charge is 2.15. The van der Waals surface area contributed by atoms with Crippen molar-refractivity contribution < 1.29 is 4.79 Å². The molecule has 0 aliphatic heterocycles. The number of nitrogens with zero attached hydrogens (tertiary/aromatic N) is 2. The number of benzene rings is 2. The summed E-state index contributed by atoms with van der Waals surface area (Å²) < 4.78 is 0.956. The molecule has 0 aliphatic rings. The van der Waals surface area contributed by atoms with Crippen LogP contribution in [0.2, 0.25) is 0 Å². The molecule has 0 spiro atoms. The van der Waals surface area contributed by atoms with Gasteiger partial charge in [-0.1, -0.05) is 35.0 Å². The molecule has 0 bridgehead atoms. The van der Waals surface area contributed by atoms with Gasteiger partial charge in [0.2, 0.25) is 0 Å². The van der Waals surface area contributed by atoms with Crippen molar-refractivity contribution in [2.45, 2.75) is 19.9 Å². The minimum absolute atomic E-state index is 0.0751. The van der Waals surface area contributed by atoms with E-state index in [-0.39, 0.29) is 5.78 Å². The second-order valence-electron chi connectivity index (χ2n) is 6.54. The third-order valence-electron chi connectivity index (χ3n) is 4.17. The fourth-order valence-corrected chi connectivity index (χ4v) is 3.27. The highest BCUT2D eigenvalue weighted by atomic mass is 79.9. The lowest BCUT2D eigenvalue weighted by Crippen LogP contribution is -2.10. The van der Waals surface area contributed by atoms with Gasteiger partial charge in [0.25, 0.3) is 0 Å². The molecule has 0 saturated heterocycles. The molecule has 4 nitrogen and oxygen atoms in total. The molecule has 2 aromatic carbocycles. The van der Waals surface area contributed by atoms with Crippen LogP contribution in [0.25, 0.3) is 10.9 Å². The summed E-state index contributed by atoms with van der Waals surface area (Å²) in [6, 6.07) is 14.2. The first-order valence-electron chi connectivity index (χ1n) is 8.60. The summed E-state index contributed by atoms with van der Waals surface area (Å²) in [6.07, 6.45) is 2.11. The van der Waals surface area contributed by atoms with Crippen molar-refractivity contribution in [2.75, 3.05) is 19.4 Å². The molecule has 0 unspecified atom stereocenters. The molecule has 0 atom stereocenters. The van der Waals surface area contributed by atoms with Crippen LogP contribution >= 0.6 is 15.9 Å². The molecule has 26 heavy (non-hydrogen) atoms. The normalized spacial score (nSPS) is 11.1. The van der Waals surface area contributed by atoms with Crippen molar-refractivity contribution >= 4 is 44.0 Å². The van der Waals surface area contributed by atoms with Gasteiger partial charge in [0.1, 0.15) is 0 Å². The van der Waals surface area contributed by atoms with Crippen LogP contribution in [0.4, 0.5) is 11.4 Å². The molecular weight excluding hydrogens is 390 g/mol. The molecule has 3 rings (SSSR count).